The summed E-state index contributed by atoms with van der Waals surface area (Å²) in [4.78, 5) is 50.9. The number of amides is 1. The molecule has 4 heterocycles. The van der Waals surface area contributed by atoms with Gasteiger partial charge in [0, 0.05) is 33.7 Å². The number of fused-ring (bicyclic) bond motifs is 7. The molecule has 3 aromatic carbocycles. The lowest BCUT2D eigenvalue weighted by Crippen LogP contribution is -3.09. The molecule has 2 bridgehead atoms. The van der Waals surface area contributed by atoms with Crippen LogP contribution in [-0.2, 0) is 14.3 Å². The molecule has 7 atom stereocenters. The number of guanidine groups is 1. The Kier molecular flexibility index (Phi) is 9.34. The maximum atomic E-state index is 14.4. The molecule has 0 aromatic heterocycles. The number of aliphatic hydroxyl groups excluding tert-OH is 4. The first-order chi connectivity index (χ1) is 27.6. The van der Waals surface area contributed by atoms with Crippen LogP contribution in [0.4, 0.5) is 5.69 Å². The number of carbonyl (C=O) groups excluding carboxylic acids is 3. The molecule has 7 N–H and O–H groups in total. The number of rotatable bonds is 5. The van der Waals surface area contributed by atoms with Crippen LogP contribution in [0.5, 0.6) is 11.5 Å². The summed E-state index contributed by atoms with van der Waals surface area (Å²) < 4.78 is 25.8. The van der Waals surface area contributed by atoms with Crippen LogP contribution in [0.2, 0.25) is 0 Å². The standard InChI is InChI=1S/C41H39N5O11/c42-40-44-37-28(38(53)45-40)43-19-46(37)26-11-5-4-8-21(26)20-12-16-55-41(13-6-1-7-14-41)36-32(51)31(50)33(52)39(57-36)56-34-24(20)18-25-27(35(34)54-17-15-47)30(49)23-10-3-2-9-22(23)29(25)48/h2-5,8-12,16,18,20,31-33,36,39,47,50-52H,1,6-7,13-15,17,19H2,(H2,42,45,53)/p+1/b16-12-/t20-,31+,32+,33-,36+,39-/m0/s1. The summed E-state index contributed by atoms with van der Waals surface area (Å²) in [5.74, 6) is -2.84. The molecule has 1 saturated carbocycles. The second-order valence-corrected chi connectivity index (χ2v) is 14.9. The highest BCUT2D eigenvalue weighted by molar-refractivity contribution is 6.68. The second-order valence-electron chi connectivity index (χ2n) is 14.9. The topological polar surface area (TPSA) is 234 Å². The maximum absolute atomic E-state index is 14.4. The zero-order chi connectivity index (χ0) is 39.6. The van der Waals surface area contributed by atoms with Gasteiger partial charge in [-0.25, -0.2) is 9.89 Å². The zero-order valence-electron chi connectivity index (χ0n) is 30.5. The molecule has 2 fully saturated rings. The predicted molar refractivity (Wildman–Crippen MR) is 200 cm³/mol. The highest BCUT2D eigenvalue weighted by Gasteiger charge is 2.56. The van der Waals surface area contributed by atoms with Crippen molar-refractivity contribution in [1.82, 2.24) is 5.32 Å². The number of amidine groups is 1. The SMILES string of the molecule is N=C1N=C2C(=NC[NH+]2c2ccccc2[C@@H]2/C=C\OC3(CCCCC3)[C@@H]3O[C@H](Oc4c2cc2c(c4OCCO)C(=O)c4ccccc4C2=O)[C@@H](O)[C@H](O)[C@H]3O)C(=O)N1. The summed E-state index contributed by atoms with van der Waals surface area (Å²) in [6, 6.07) is 15.2. The van der Waals surface area contributed by atoms with E-state index in [1.807, 2.05) is 12.1 Å². The zero-order valence-corrected chi connectivity index (χ0v) is 30.5. The van der Waals surface area contributed by atoms with E-state index in [4.69, 9.17) is 24.4 Å². The van der Waals surface area contributed by atoms with E-state index < -0.39 is 66.3 Å². The summed E-state index contributed by atoms with van der Waals surface area (Å²) >= 11 is 0. The Morgan fingerprint density at radius 1 is 0.912 bits per heavy atom. The van der Waals surface area contributed by atoms with E-state index in [0.717, 1.165) is 19.3 Å². The largest absolute Gasteiger partial charge is 0.492 e. The number of benzene rings is 3. The summed E-state index contributed by atoms with van der Waals surface area (Å²) in [5.41, 5.74) is 0.608. The molecule has 4 aliphatic heterocycles. The lowest BCUT2D eigenvalue weighted by molar-refractivity contribution is -0.723. The van der Waals surface area contributed by atoms with Crippen LogP contribution in [0.3, 0.4) is 0 Å². The van der Waals surface area contributed by atoms with Gasteiger partial charge in [-0.3, -0.25) is 25.1 Å². The number of ketones is 2. The summed E-state index contributed by atoms with van der Waals surface area (Å²) in [5, 5.41) is 54.7. The molecule has 294 valence electrons. The summed E-state index contributed by atoms with van der Waals surface area (Å²) in [6.45, 7) is -0.715. The fourth-order valence-electron chi connectivity index (χ4n) is 8.92. The lowest BCUT2D eigenvalue weighted by Gasteiger charge is -2.49. The van der Waals surface area contributed by atoms with Gasteiger partial charge in [0.05, 0.1) is 18.4 Å². The van der Waals surface area contributed by atoms with E-state index in [2.05, 4.69) is 15.3 Å². The smallest absolute Gasteiger partial charge is 0.284 e. The summed E-state index contributed by atoms with van der Waals surface area (Å²) in [6.07, 6.45) is -1.35. The molecule has 16 heteroatoms. The van der Waals surface area contributed by atoms with Crippen molar-refractivity contribution in [3.63, 3.8) is 0 Å². The first kappa shape index (κ1) is 37.0. The molecular formula is C41H40N5O11+. The Labute approximate surface area is 325 Å². The average molecular weight is 779 g/mol. The van der Waals surface area contributed by atoms with E-state index >= 15 is 0 Å². The number of carbonyl (C=O) groups is 3. The third-order valence-electron chi connectivity index (χ3n) is 11.6. The van der Waals surface area contributed by atoms with Crippen molar-refractivity contribution < 1.29 is 58.7 Å². The Morgan fingerprint density at radius 2 is 1.65 bits per heavy atom. The van der Waals surface area contributed by atoms with Gasteiger partial charge in [0.2, 0.25) is 18.0 Å². The lowest BCUT2D eigenvalue weighted by atomic mass is 9.76. The minimum Gasteiger partial charge on any atom is -0.492 e. The highest BCUT2D eigenvalue weighted by atomic mass is 16.7. The summed E-state index contributed by atoms with van der Waals surface area (Å²) in [7, 11) is 0. The molecule has 16 nitrogen and oxygen atoms in total. The Bertz CT molecular complexity index is 2300. The van der Waals surface area contributed by atoms with Crippen molar-refractivity contribution in [3.05, 3.63) is 100 Å². The van der Waals surface area contributed by atoms with Gasteiger partial charge in [0.25, 0.3) is 11.7 Å². The van der Waals surface area contributed by atoms with Gasteiger partial charge in [-0.1, -0.05) is 48.9 Å². The highest BCUT2D eigenvalue weighted by Crippen LogP contribution is 2.50. The Hall–Kier alpha value is -5.62. The van der Waals surface area contributed by atoms with Crippen LogP contribution in [0, 0.1) is 5.41 Å². The molecule has 3 aromatic rings. The molecule has 9 rings (SSSR count). The second kappa shape index (κ2) is 14.4. The molecule has 1 spiro atoms. The van der Waals surface area contributed by atoms with Crippen molar-refractivity contribution in [3.8, 4) is 11.5 Å². The van der Waals surface area contributed by atoms with Crippen LogP contribution < -0.4 is 19.7 Å². The first-order valence-electron chi connectivity index (χ1n) is 18.9. The number of allylic oxidation sites excluding steroid dienone is 1. The number of aliphatic imine (C=N–C) groups is 2. The first-order valence-corrected chi connectivity index (χ1v) is 18.9. The number of aliphatic hydroxyl groups is 4. The molecule has 2 aliphatic carbocycles. The fraction of sp³-hybridized carbons (Fsp3) is 0.366. The number of nitrogens with one attached hydrogen (secondary N) is 3. The molecular weight excluding hydrogens is 738 g/mol. The fourth-order valence-corrected chi connectivity index (χ4v) is 8.92. The number of hydrogen-bond donors (Lipinski definition) is 7. The Morgan fingerprint density at radius 3 is 2.42 bits per heavy atom. The van der Waals surface area contributed by atoms with E-state index in [-0.39, 0.29) is 70.1 Å². The van der Waals surface area contributed by atoms with E-state index in [1.165, 1.54) is 18.4 Å². The van der Waals surface area contributed by atoms with Gasteiger partial charge < -0.3 is 39.4 Å². The number of para-hydroxylation sites is 1. The molecule has 1 amide bonds. The number of quaternary nitrogens is 1. The van der Waals surface area contributed by atoms with Crippen LogP contribution in [0.25, 0.3) is 0 Å². The van der Waals surface area contributed by atoms with Crippen LogP contribution >= 0.6 is 0 Å². The average Bonchev–Trinajstić information content (AvgIpc) is 3.64. The van der Waals surface area contributed by atoms with Crippen LogP contribution in [0.15, 0.2) is 76.9 Å². The monoisotopic (exact) mass is 778 g/mol. The minimum absolute atomic E-state index is 0.00349. The van der Waals surface area contributed by atoms with Crippen molar-refractivity contribution >= 4 is 40.7 Å². The normalized spacial score (nSPS) is 29.2. The molecule has 1 saturated heterocycles. The van der Waals surface area contributed by atoms with Gasteiger partial charge >= 0.3 is 0 Å². The minimum atomic E-state index is -1.79. The quantitative estimate of drug-likeness (QED) is 0.150. The van der Waals surface area contributed by atoms with Gasteiger partial charge in [0.15, 0.2) is 29.7 Å². The molecule has 0 radical (unpaired) electrons. The van der Waals surface area contributed by atoms with Crippen molar-refractivity contribution in [1.29, 1.82) is 5.41 Å². The van der Waals surface area contributed by atoms with E-state index in [9.17, 15) is 34.8 Å². The number of ether oxygens (including phenoxy) is 4. The van der Waals surface area contributed by atoms with Crippen molar-refractivity contribution in [2.45, 2.75) is 74.3 Å². The van der Waals surface area contributed by atoms with Gasteiger partial charge in [-0.05, 0) is 43.9 Å². The predicted octanol–water partition coefficient (Wildman–Crippen LogP) is 0.790. The van der Waals surface area contributed by atoms with E-state index in [1.54, 1.807) is 36.4 Å². The molecule has 6 aliphatic rings. The van der Waals surface area contributed by atoms with Crippen molar-refractivity contribution in [2.24, 2.45) is 9.98 Å². The third-order valence-corrected chi connectivity index (χ3v) is 11.6. The van der Waals surface area contributed by atoms with Crippen LogP contribution in [-0.4, -0.2) is 112 Å². The van der Waals surface area contributed by atoms with Crippen LogP contribution in [0.1, 0.15) is 81.0 Å². The number of hydrogen-bond acceptors (Lipinski definition) is 13. The molecule has 1 unspecified atom stereocenters. The maximum Gasteiger partial charge on any atom is 0.284 e. The molecule has 57 heavy (non-hydrogen) atoms. The van der Waals surface area contributed by atoms with E-state index in [0.29, 0.717) is 29.0 Å². The van der Waals surface area contributed by atoms with Gasteiger partial charge in [-0.15, -0.1) is 0 Å². The van der Waals surface area contributed by atoms with Crippen molar-refractivity contribution in [2.75, 3.05) is 19.9 Å². The van der Waals surface area contributed by atoms with Gasteiger partial charge in [-0.2, -0.15) is 4.99 Å². The number of nitrogens with zero attached hydrogens (tertiary/aromatic N) is 2. The van der Waals surface area contributed by atoms with Gasteiger partial charge in [0.1, 0.15) is 42.3 Å². The third kappa shape index (κ3) is 5.98. The Balaban J connectivity index is 1.30.